The van der Waals surface area contributed by atoms with Crippen molar-refractivity contribution in [3.05, 3.63) is 23.7 Å². The van der Waals surface area contributed by atoms with Gasteiger partial charge in [0, 0.05) is 24.2 Å². The SMILES string of the molecule is CC(C)(C)N1CCC2CC(CC(C)(C)N3CCc4ccoc4C3)CC2C1. The van der Waals surface area contributed by atoms with Crippen LogP contribution in [0.5, 0.6) is 0 Å². The van der Waals surface area contributed by atoms with Crippen LogP contribution in [0.3, 0.4) is 0 Å². The summed E-state index contributed by atoms with van der Waals surface area (Å²) in [6.07, 6.45) is 8.67. The first kappa shape index (κ1) is 18.6. The lowest BCUT2D eigenvalue weighted by atomic mass is 9.86. The monoisotopic (exact) mass is 358 g/mol. The summed E-state index contributed by atoms with van der Waals surface area (Å²) in [5, 5.41) is 0. The summed E-state index contributed by atoms with van der Waals surface area (Å²) in [5.41, 5.74) is 2.02. The molecule has 1 saturated heterocycles. The first-order valence-corrected chi connectivity index (χ1v) is 10.8. The van der Waals surface area contributed by atoms with Gasteiger partial charge in [-0.05, 0) is 103 Å². The zero-order chi connectivity index (χ0) is 18.5. The summed E-state index contributed by atoms with van der Waals surface area (Å²) >= 11 is 0. The maximum Gasteiger partial charge on any atom is 0.120 e. The van der Waals surface area contributed by atoms with Crippen molar-refractivity contribution >= 4 is 0 Å². The molecule has 3 heterocycles. The number of hydrogen-bond donors (Lipinski definition) is 0. The van der Waals surface area contributed by atoms with Crippen molar-refractivity contribution in [3.8, 4) is 0 Å². The largest absolute Gasteiger partial charge is 0.468 e. The maximum absolute atomic E-state index is 5.72. The predicted molar refractivity (Wildman–Crippen MR) is 107 cm³/mol. The Labute approximate surface area is 160 Å². The molecule has 4 rings (SSSR count). The fourth-order valence-electron chi connectivity index (χ4n) is 5.98. The fourth-order valence-corrected chi connectivity index (χ4v) is 5.98. The molecule has 3 aliphatic rings. The predicted octanol–water partition coefficient (Wildman–Crippen LogP) is 4.95. The lowest BCUT2D eigenvalue weighted by molar-refractivity contribution is 0.0578. The first-order chi connectivity index (χ1) is 12.2. The van der Waals surface area contributed by atoms with Crippen LogP contribution < -0.4 is 0 Å². The van der Waals surface area contributed by atoms with Gasteiger partial charge in [0.05, 0.1) is 12.8 Å². The minimum atomic E-state index is 0.270. The molecule has 0 N–H and O–H groups in total. The zero-order valence-electron chi connectivity index (χ0n) is 17.6. The number of hydrogen-bond acceptors (Lipinski definition) is 3. The Morgan fingerprint density at radius 3 is 2.58 bits per heavy atom. The Kier molecular flexibility index (Phi) is 4.76. The van der Waals surface area contributed by atoms with Gasteiger partial charge in [0.2, 0.25) is 0 Å². The normalized spacial score (nSPS) is 31.0. The van der Waals surface area contributed by atoms with Gasteiger partial charge in [-0.2, -0.15) is 0 Å². The summed E-state index contributed by atoms with van der Waals surface area (Å²) in [6.45, 7) is 16.9. The number of piperidine rings is 1. The number of nitrogens with zero attached hydrogens (tertiary/aromatic N) is 2. The Morgan fingerprint density at radius 2 is 1.81 bits per heavy atom. The van der Waals surface area contributed by atoms with Gasteiger partial charge >= 0.3 is 0 Å². The Hall–Kier alpha value is -0.800. The number of fused-ring (bicyclic) bond motifs is 2. The summed E-state index contributed by atoms with van der Waals surface area (Å²) in [6, 6.07) is 2.16. The average Bonchev–Trinajstić information content (AvgIpc) is 3.17. The van der Waals surface area contributed by atoms with E-state index in [0.717, 1.165) is 30.7 Å². The van der Waals surface area contributed by atoms with Crippen LogP contribution in [0.1, 0.15) is 71.6 Å². The van der Waals surface area contributed by atoms with Gasteiger partial charge in [0.25, 0.3) is 0 Å². The van der Waals surface area contributed by atoms with Crippen molar-refractivity contribution in [3.63, 3.8) is 0 Å². The van der Waals surface area contributed by atoms with Crippen molar-refractivity contribution < 1.29 is 4.42 Å². The second-order valence-electron chi connectivity index (χ2n) is 10.8. The van der Waals surface area contributed by atoms with Gasteiger partial charge in [-0.1, -0.05) is 0 Å². The highest BCUT2D eigenvalue weighted by atomic mass is 16.3. The molecule has 3 atom stereocenters. The van der Waals surface area contributed by atoms with Crippen LogP contribution in [-0.2, 0) is 13.0 Å². The van der Waals surface area contributed by atoms with Gasteiger partial charge in [-0.3, -0.25) is 9.80 Å². The molecule has 1 aromatic heterocycles. The van der Waals surface area contributed by atoms with Crippen LogP contribution in [0, 0.1) is 17.8 Å². The van der Waals surface area contributed by atoms with Crippen LogP contribution in [0.2, 0.25) is 0 Å². The maximum atomic E-state index is 5.72. The van der Waals surface area contributed by atoms with E-state index in [4.69, 9.17) is 4.42 Å². The van der Waals surface area contributed by atoms with Crippen molar-refractivity contribution in [2.45, 2.75) is 84.3 Å². The number of likely N-dealkylation sites (tertiary alicyclic amines) is 1. The molecule has 3 unspecified atom stereocenters. The molecule has 0 aromatic carbocycles. The molecule has 1 aliphatic carbocycles. The summed E-state index contributed by atoms with van der Waals surface area (Å²) in [7, 11) is 0. The van der Waals surface area contributed by atoms with Crippen molar-refractivity contribution in [2.24, 2.45) is 17.8 Å². The van der Waals surface area contributed by atoms with Crippen LogP contribution in [0.15, 0.2) is 16.7 Å². The minimum Gasteiger partial charge on any atom is -0.468 e. The van der Waals surface area contributed by atoms with Crippen molar-refractivity contribution in [1.82, 2.24) is 9.80 Å². The van der Waals surface area contributed by atoms with Crippen molar-refractivity contribution in [1.29, 1.82) is 0 Å². The summed E-state index contributed by atoms with van der Waals surface area (Å²) in [5.74, 6) is 4.01. The smallest absolute Gasteiger partial charge is 0.120 e. The lowest BCUT2D eigenvalue weighted by Crippen LogP contribution is -2.48. The van der Waals surface area contributed by atoms with Gasteiger partial charge in [0.1, 0.15) is 5.76 Å². The highest BCUT2D eigenvalue weighted by Gasteiger charge is 2.42. The molecule has 2 fully saturated rings. The van der Waals surface area contributed by atoms with Gasteiger partial charge < -0.3 is 4.42 Å². The zero-order valence-corrected chi connectivity index (χ0v) is 17.6. The van der Waals surface area contributed by atoms with Gasteiger partial charge in [0.15, 0.2) is 0 Å². The molecule has 1 aromatic rings. The topological polar surface area (TPSA) is 19.6 Å². The van der Waals surface area contributed by atoms with Crippen LogP contribution >= 0.6 is 0 Å². The Balaban J connectivity index is 1.36. The first-order valence-electron chi connectivity index (χ1n) is 10.8. The molecule has 0 radical (unpaired) electrons. The summed E-state index contributed by atoms with van der Waals surface area (Å²) in [4.78, 5) is 5.40. The lowest BCUT2D eigenvalue weighted by Gasteiger charge is -2.43. The van der Waals surface area contributed by atoms with Gasteiger partial charge in [-0.15, -0.1) is 0 Å². The molecule has 3 nitrogen and oxygen atoms in total. The molecule has 2 aliphatic heterocycles. The molecule has 0 bridgehead atoms. The highest BCUT2D eigenvalue weighted by molar-refractivity contribution is 5.20. The van der Waals surface area contributed by atoms with Crippen LogP contribution in [0.4, 0.5) is 0 Å². The second-order valence-corrected chi connectivity index (χ2v) is 10.8. The third kappa shape index (κ3) is 3.62. The van der Waals surface area contributed by atoms with Crippen LogP contribution in [-0.4, -0.2) is 40.5 Å². The molecule has 1 saturated carbocycles. The number of furan rings is 1. The van der Waals surface area contributed by atoms with E-state index < -0.39 is 0 Å². The van der Waals surface area contributed by atoms with E-state index in [2.05, 4.69) is 50.5 Å². The molecule has 26 heavy (non-hydrogen) atoms. The van der Waals surface area contributed by atoms with E-state index in [-0.39, 0.29) is 5.54 Å². The van der Waals surface area contributed by atoms with E-state index >= 15 is 0 Å². The molecule has 3 heteroatoms. The molecule has 146 valence electrons. The number of rotatable bonds is 3. The quantitative estimate of drug-likeness (QED) is 0.762. The van der Waals surface area contributed by atoms with E-state index in [9.17, 15) is 0 Å². The molecular formula is C23H38N2O. The van der Waals surface area contributed by atoms with Gasteiger partial charge in [-0.25, -0.2) is 0 Å². The molecule has 0 amide bonds. The Morgan fingerprint density at radius 1 is 1.04 bits per heavy atom. The summed E-state index contributed by atoms with van der Waals surface area (Å²) < 4.78 is 5.72. The third-order valence-corrected chi connectivity index (χ3v) is 7.58. The highest BCUT2D eigenvalue weighted by Crippen LogP contribution is 2.46. The molecule has 0 spiro atoms. The third-order valence-electron chi connectivity index (χ3n) is 7.58. The minimum absolute atomic E-state index is 0.270. The van der Waals surface area contributed by atoms with E-state index in [0.29, 0.717) is 5.54 Å². The van der Waals surface area contributed by atoms with E-state index in [1.165, 1.54) is 56.6 Å². The van der Waals surface area contributed by atoms with E-state index in [1.807, 2.05) is 6.26 Å². The van der Waals surface area contributed by atoms with Crippen molar-refractivity contribution in [2.75, 3.05) is 19.6 Å². The molecular weight excluding hydrogens is 320 g/mol. The fraction of sp³-hybridized carbons (Fsp3) is 0.826. The Bertz CT molecular complexity index is 626. The van der Waals surface area contributed by atoms with E-state index in [1.54, 1.807) is 0 Å². The standard InChI is InChI=1S/C23H38N2O/c1-22(2,3)24-9-7-19-12-17(13-20(19)15-24)14-23(4,5)25-10-6-18-8-11-26-21(18)16-25/h8,11,17,19-20H,6-7,9-10,12-16H2,1-5H3. The second kappa shape index (κ2) is 6.67. The van der Waals surface area contributed by atoms with Crippen LogP contribution in [0.25, 0.3) is 0 Å². The average molecular weight is 359 g/mol.